The second kappa shape index (κ2) is 12.8. The lowest BCUT2D eigenvalue weighted by molar-refractivity contribution is -0.168. The van der Waals surface area contributed by atoms with Crippen molar-refractivity contribution in [3.63, 3.8) is 0 Å². The lowest BCUT2D eigenvalue weighted by Gasteiger charge is -2.40. The second-order valence-electron chi connectivity index (χ2n) is 16.0. The molecule has 0 amide bonds. The van der Waals surface area contributed by atoms with E-state index in [-0.39, 0.29) is 33.5 Å². The molecule has 0 spiro atoms. The summed E-state index contributed by atoms with van der Waals surface area (Å²) in [7, 11) is 0. The lowest BCUT2D eigenvalue weighted by Crippen LogP contribution is -2.41. The van der Waals surface area contributed by atoms with Crippen molar-refractivity contribution in [1.29, 1.82) is 0 Å². The van der Waals surface area contributed by atoms with Crippen LogP contribution in [0.4, 0.5) is 0 Å². The van der Waals surface area contributed by atoms with Gasteiger partial charge in [-0.15, -0.1) is 0 Å². The topological polar surface area (TPSA) is 52.3 Å². The van der Waals surface area contributed by atoms with Gasteiger partial charge in [-0.1, -0.05) is 103 Å². The summed E-state index contributed by atoms with van der Waals surface area (Å²) in [4.78, 5) is 13.8. The molecule has 3 unspecified atom stereocenters. The Balaban J connectivity index is 5.89. The van der Waals surface area contributed by atoms with Crippen molar-refractivity contribution in [2.45, 2.75) is 160 Å². The van der Waals surface area contributed by atoms with Crippen LogP contribution in [0.15, 0.2) is 0 Å². The first kappa shape index (κ1) is 34.4. The van der Waals surface area contributed by atoms with E-state index in [9.17, 15) is 4.79 Å². The Hall–Kier alpha value is -0.570. The molecule has 0 saturated heterocycles. The van der Waals surface area contributed by atoms with Gasteiger partial charge in [-0.2, -0.15) is 0 Å². The Morgan fingerprint density at radius 1 is 0.714 bits per heavy atom. The molecule has 0 saturated carbocycles. The molecule has 210 valence electrons. The van der Waals surface area contributed by atoms with Crippen LogP contribution in [-0.2, 0) is 9.53 Å². The fraction of sp³-hybridized carbons (Fsp3) is 0.969. The van der Waals surface area contributed by atoms with Gasteiger partial charge in [0.25, 0.3) is 0 Å². The van der Waals surface area contributed by atoms with Gasteiger partial charge in [0.05, 0.1) is 5.92 Å². The summed E-state index contributed by atoms with van der Waals surface area (Å²) < 4.78 is 6.39. The van der Waals surface area contributed by atoms with E-state index in [0.29, 0.717) is 12.0 Å². The first-order chi connectivity index (χ1) is 15.6. The van der Waals surface area contributed by atoms with Crippen LogP contribution in [0.1, 0.15) is 155 Å². The predicted molar refractivity (Wildman–Crippen MR) is 155 cm³/mol. The molecule has 0 fully saturated rings. The van der Waals surface area contributed by atoms with Gasteiger partial charge in [0.15, 0.2) is 0 Å². The van der Waals surface area contributed by atoms with E-state index in [4.69, 9.17) is 10.5 Å². The number of nitrogens with two attached hydrogens (primary N) is 1. The molecule has 2 N–H and O–H groups in total. The highest BCUT2D eigenvalue weighted by Crippen LogP contribution is 2.45. The number of carbonyl (C=O) groups is 1. The standard InChI is InChI=1S/C32H65NO2/c1-15-28(7,8)22-31(13,16-2)19-18-25(20-29(9,10)21-27(4,5)6)26(34)35-32(14,17-3)23-30(11,12)24-33/h25H,15-24,33H2,1-14H3. The average Bonchev–Trinajstić information content (AvgIpc) is 2.68. The van der Waals surface area contributed by atoms with Crippen molar-refractivity contribution < 1.29 is 9.53 Å². The highest BCUT2D eigenvalue weighted by Gasteiger charge is 2.39. The highest BCUT2D eigenvalue weighted by molar-refractivity contribution is 5.73. The van der Waals surface area contributed by atoms with Gasteiger partial charge < -0.3 is 10.5 Å². The van der Waals surface area contributed by atoms with Crippen LogP contribution in [0, 0.1) is 33.0 Å². The molecule has 0 rings (SSSR count). The van der Waals surface area contributed by atoms with Crippen molar-refractivity contribution in [3.05, 3.63) is 0 Å². The van der Waals surface area contributed by atoms with Crippen LogP contribution in [0.3, 0.4) is 0 Å². The molecule has 0 aliphatic rings. The summed E-state index contributed by atoms with van der Waals surface area (Å²) in [6.45, 7) is 32.5. The number of rotatable bonds is 16. The normalized spacial score (nSPS) is 18.0. The molecule has 0 bridgehead atoms. The van der Waals surface area contributed by atoms with Crippen LogP contribution in [-0.4, -0.2) is 18.1 Å². The van der Waals surface area contributed by atoms with Crippen LogP contribution < -0.4 is 5.73 Å². The molecule has 0 aromatic rings. The summed E-state index contributed by atoms with van der Waals surface area (Å²) in [5.74, 6) is -0.0767. The van der Waals surface area contributed by atoms with E-state index in [0.717, 1.165) is 44.9 Å². The van der Waals surface area contributed by atoms with Gasteiger partial charge >= 0.3 is 5.97 Å². The highest BCUT2D eigenvalue weighted by atomic mass is 16.6. The largest absolute Gasteiger partial charge is 0.459 e. The van der Waals surface area contributed by atoms with Gasteiger partial charge in [-0.25, -0.2) is 0 Å². The van der Waals surface area contributed by atoms with Gasteiger partial charge in [0.1, 0.15) is 5.60 Å². The maximum Gasteiger partial charge on any atom is 0.309 e. The SMILES string of the molecule is CCC(C)(C)CC(C)(CC)CCC(CC(C)(C)CC(C)(C)C)C(=O)OC(C)(CC)CC(C)(C)CN. The second-order valence-corrected chi connectivity index (χ2v) is 16.0. The summed E-state index contributed by atoms with van der Waals surface area (Å²) in [6, 6.07) is 0. The third-order valence-electron chi connectivity index (χ3n) is 8.45. The molecule has 0 heterocycles. The maximum atomic E-state index is 13.8. The summed E-state index contributed by atoms with van der Waals surface area (Å²) >= 11 is 0. The average molecular weight is 496 g/mol. The molecule has 35 heavy (non-hydrogen) atoms. The minimum Gasteiger partial charge on any atom is -0.459 e. The van der Waals surface area contributed by atoms with Gasteiger partial charge in [-0.3, -0.25) is 4.79 Å². The summed E-state index contributed by atoms with van der Waals surface area (Å²) in [6.07, 6.45) is 9.03. The van der Waals surface area contributed by atoms with Gasteiger partial charge in [-0.05, 0) is 85.5 Å². The van der Waals surface area contributed by atoms with Crippen molar-refractivity contribution in [1.82, 2.24) is 0 Å². The number of carbonyl (C=O) groups excluding carboxylic acids is 1. The quantitative estimate of drug-likeness (QED) is 0.217. The first-order valence-corrected chi connectivity index (χ1v) is 14.5. The zero-order chi connectivity index (χ0) is 27.9. The van der Waals surface area contributed by atoms with Crippen LogP contribution in [0.2, 0.25) is 0 Å². The molecule has 0 aromatic heterocycles. The first-order valence-electron chi connectivity index (χ1n) is 14.5. The molecule has 0 aliphatic heterocycles. The Morgan fingerprint density at radius 3 is 1.66 bits per heavy atom. The van der Waals surface area contributed by atoms with E-state index in [1.54, 1.807) is 0 Å². The van der Waals surface area contributed by atoms with Crippen LogP contribution in [0.5, 0.6) is 0 Å². The fourth-order valence-corrected chi connectivity index (χ4v) is 6.32. The minimum atomic E-state index is -0.482. The molecule has 3 atom stereocenters. The van der Waals surface area contributed by atoms with E-state index in [1.807, 2.05) is 0 Å². The molecule has 3 nitrogen and oxygen atoms in total. The lowest BCUT2D eigenvalue weighted by atomic mass is 9.67. The molecular weight excluding hydrogens is 430 g/mol. The molecule has 3 heteroatoms. The predicted octanol–water partition coefficient (Wildman–Crippen LogP) is 9.56. The fourth-order valence-electron chi connectivity index (χ4n) is 6.32. The van der Waals surface area contributed by atoms with Crippen molar-refractivity contribution in [2.24, 2.45) is 38.7 Å². The van der Waals surface area contributed by atoms with Crippen molar-refractivity contribution >= 4 is 5.97 Å². The van der Waals surface area contributed by atoms with E-state index in [1.165, 1.54) is 12.8 Å². The van der Waals surface area contributed by atoms with Gasteiger partial charge in [0, 0.05) is 0 Å². The van der Waals surface area contributed by atoms with Crippen molar-refractivity contribution in [3.8, 4) is 0 Å². The Kier molecular flexibility index (Phi) is 12.6. The third-order valence-corrected chi connectivity index (χ3v) is 8.45. The zero-order valence-corrected chi connectivity index (χ0v) is 26.5. The zero-order valence-electron chi connectivity index (χ0n) is 26.5. The van der Waals surface area contributed by atoms with E-state index in [2.05, 4.69) is 96.9 Å². The minimum absolute atomic E-state index is 0.00244. The molecular formula is C32H65NO2. The Bertz CT molecular complexity index is 642. The van der Waals surface area contributed by atoms with Crippen LogP contribution in [0.25, 0.3) is 0 Å². The Labute approximate surface area is 221 Å². The number of hydrogen-bond acceptors (Lipinski definition) is 3. The van der Waals surface area contributed by atoms with Gasteiger partial charge in [0.2, 0.25) is 0 Å². The van der Waals surface area contributed by atoms with E-state index < -0.39 is 5.60 Å². The maximum absolute atomic E-state index is 13.8. The van der Waals surface area contributed by atoms with Crippen LogP contribution >= 0.6 is 0 Å². The summed E-state index contributed by atoms with van der Waals surface area (Å²) in [5, 5.41) is 0. The van der Waals surface area contributed by atoms with E-state index >= 15 is 0 Å². The number of hydrogen-bond donors (Lipinski definition) is 1. The monoisotopic (exact) mass is 496 g/mol. The number of ether oxygens (including phenoxy) is 1. The number of esters is 1. The Morgan fingerprint density at radius 2 is 1.26 bits per heavy atom. The third kappa shape index (κ3) is 13.5. The molecule has 0 aromatic carbocycles. The molecule has 0 aliphatic carbocycles. The summed E-state index contributed by atoms with van der Waals surface area (Å²) in [5.41, 5.74) is 6.35. The molecule has 0 radical (unpaired) electrons. The van der Waals surface area contributed by atoms with Crippen molar-refractivity contribution in [2.75, 3.05) is 6.54 Å². The smallest absolute Gasteiger partial charge is 0.309 e.